The van der Waals surface area contributed by atoms with E-state index in [4.69, 9.17) is 5.26 Å². The molecule has 162 valence electrons. The van der Waals surface area contributed by atoms with Crippen LogP contribution in [0.4, 0.5) is 5.69 Å². The molecule has 0 aliphatic carbocycles. The molecule has 33 heavy (non-hydrogen) atoms. The van der Waals surface area contributed by atoms with Gasteiger partial charge in [0.05, 0.1) is 23.3 Å². The fourth-order valence-electron chi connectivity index (χ4n) is 3.73. The molecule has 5 rings (SSSR count). The van der Waals surface area contributed by atoms with Crippen LogP contribution in [-0.4, -0.2) is 34.1 Å². The van der Waals surface area contributed by atoms with Crippen LogP contribution in [0, 0.1) is 18.3 Å². The molecule has 0 atom stereocenters. The predicted octanol–water partition coefficient (Wildman–Crippen LogP) is 1.98. The number of aromatic amines is 1. The van der Waals surface area contributed by atoms with E-state index in [2.05, 4.69) is 33.3 Å². The van der Waals surface area contributed by atoms with Gasteiger partial charge in [0, 0.05) is 48.1 Å². The van der Waals surface area contributed by atoms with Crippen molar-refractivity contribution in [2.45, 2.75) is 29.6 Å². The summed E-state index contributed by atoms with van der Waals surface area (Å²) >= 11 is 1.64. The number of aromatic nitrogens is 3. The summed E-state index contributed by atoms with van der Waals surface area (Å²) in [5, 5.41) is 16.8. The fraction of sp³-hybridized carbons (Fsp3) is 0.240. The molecule has 6 nitrogen and oxygen atoms in total. The van der Waals surface area contributed by atoms with Gasteiger partial charge in [0.2, 0.25) is 0 Å². The van der Waals surface area contributed by atoms with Crippen LogP contribution in [0.3, 0.4) is 0 Å². The van der Waals surface area contributed by atoms with Crippen LogP contribution in [0.5, 0.6) is 0 Å². The summed E-state index contributed by atoms with van der Waals surface area (Å²) in [4.78, 5) is 15.3. The Bertz CT molecular complexity index is 1280. The number of benzene rings is 2. The zero-order valence-electron chi connectivity index (χ0n) is 19.1. The minimum Gasteiger partial charge on any atom is -0.417 e. The van der Waals surface area contributed by atoms with E-state index in [9.17, 15) is 4.79 Å². The first-order valence-electron chi connectivity index (χ1n) is 10.5. The van der Waals surface area contributed by atoms with Gasteiger partial charge in [0.15, 0.2) is 0 Å². The van der Waals surface area contributed by atoms with E-state index in [0.29, 0.717) is 5.69 Å². The number of nitrogens with zero attached hydrogens (tertiary/aromatic N) is 4. The SMILES string of the molecule is Cc1c(Sc2ccc3[nH]ncc3c2)cc([C-]=O)n1C.N#Cc1cccc(N2CCCC2)c1.[Na+]. The van der Waals surface area contributed by atoms with Crippen molar-refractivity contribution in [3.63, 3.8) is 0 Å². The van der Waals surface area contributed by atoms with E-state index < -0.39 is 0 Å². The van der Waals surface area contributed by atoms with Crippen LogP contribution in [-0.2, 0) is 11.8 Å². The van der Waals surface area contributed by atoms with Crippen molar-refractivity contribution >= 4 is 34.6 Å². The Morgan fingerprint density at radius 1 is 1.15 bits per heavy atom. The molecule has 0 amide bonds. The molecule has 0 spiro atoms. The monoisotopic (exact) mass is 465 g/mol. The van der Waals surface area contributed by atoms with Crippen LogP contribution >= 0.6 is 11.8 Å². The molecule has 2 aromatic carbocycles. The first-order chi connectivity index (χ1) is 15.6. The molecule has 1 fully saturated rings. The van der Waals surface area contributed by atoms with Gasteiger partial charge in [-0.15, -0.1) is 11.8 Å². The third-order valence-electron chi connectivity index (χ3n) is 5.68. The van der Waals surface area contributed by atoms with Gasteiger partial charge in [-0.05, 0) is 61.1 Å². The van der Waals surface area contributed by atoms with Crippen molar-refractivity contribution in [1.82, 2.24) is 14.8 Å². The number of nitrogens with one attached hydrogen (secondary N) is 1. The second-order valence-corrected chi connectivity index (χ2v) is 8.83. The van der Waals surface area contributed by atoms with Gasteiger partial charge in [-0.25, -0.2) is 0 Å². The Labute approximate surface area is 220 Å². The van der Waals surface area contributed by atoms with Crippen LogP contribution in [0.15, 0.2) is 64.5 Å². The van der Waals surface area contributed by atoms with Gasteiger partial charge in [-0.2, -0.15) is 16.4 Å². The molecule has 0 radical (unpaired) electrons. The second-order valence-electron chi connectivity index (χ2n) is 7.72. The summed E-state index contributed by atoms with van der Waals surface area (Å²) in [6.07, 6.45) is 6.31. The Morgan fingerprint density at radius 2 is 1.94 bits per heavy atom. The molecular weight excluding hydrogens is 441 g/mol. The van der Waals surface area contributed by atoms with E-state index in [-0.39, 0.29) is 29.6 Å². The summed E-state index contributed by atoms with van der Waals surface area (Å²) in [6.45, 7) is 4.27. The third kappa shape index (κ3) is 5.90. The molecule has 1 aliphatic rings. The van der Waals surface area contributed by atoms with E-state index in [1.807, 2.05) is 67.4 Å². The topological polar surface area (TPSA) is 77.7 Å². The van der Waals surface area contributed by atoms with E-state index in [1.54, 1.807) is 11.8 Å². The minimum atomic E-state index is 0. The number of H-pyrrole nitrogens is 1. The Balaban J connectivity index is 0.000000192. The Kier molecular flexibility index (Phi) is 8.81. The second kappa shape index (κ2) is 11.6. The van der Waals surface area contributed by atoms with Crippen LogP contribution in [0.25, 0.3) is 10.9 Å². The molecule has 3 heterocycles. The molecule has 4 aromatic rings. The maximum absolute atomic E-state index is 10.8. The van der Waals surface area contributed by atoms with Crippen LogP contribution in [0.1, 0.15) is 29.8 Å². The molecule has 1 aliphatic heterocycles. The van der Waals surface area contributed by atoms with E-state index in [1.165, 1.54) is 18.5 Å². The zero-order chi connectivity index (χ0) is 22.5. The van der Waals surface area contributed by atoms with Crippen LogP contribution < -0.4 is 34.5 Å². The number of fused-ring (bicyclic) bond motifs is 1. The predicted molar refractivity (Wildman–Crippen MR) is 128 cm³/mol. The standard InChI is InChI=1S/C14H12N3OS.C11H12N2.Na/c1-9-14(6-11(8-18)17(9)2)19-12-3-4-13-10(5-12)7-15-16-13;12-9-10-4-3-5-11(8-10)13-6-1-2-7-13;/h3-7H,1-2H3,(H,15,16);3-5,8H,1-2,6-7H2;/q-1;;+1. The molecule has 2 aromatic heterocycles. The minimum absolute atomic E-state index is 0. The first-order valence-corrected chi connectivity index (χ1v) is 11.3. The van der Waals surface area contributed by atoms with E-state index >= 15 is 0 Å². The number of anilines is 1. The Morgan fingerprint density at radius 3 is 2.64 bits per heavy atom. The molecule has 0 saturated carbocycles. The molecule has 8 heteroatoms. The van der Waals surface area contributed by atoms with Crippen molar-refractivity contribution in [3.8, 4) is 6.07 Å². The summed E-state index contributed by atoms with van der Waals surface area (Å²) < 4.78 is 1.85. The average molecular weight is 466 g/mol. The first kappa shape index (κ1) is 25.1. The van der Waals surface area contributed by atoms with Gasteiger partial charge in [0.25, 0.3) is 0 Å². The fourth-order valence-corrected chi connectivity index (χ4v) is 4.76. The van der Waals surface area contributed by atoms with Crippen molar-refractivity contribution in [3.05, 3.63) is 71.7 Å². The number of rotatable bonds is 4. The third-order valence-corrected chi connectivity index (χ3v) is 6.80. The van der Waals surface area contributed by atoms with Gasteiger partial charge in [-0.3, -0.25) is 5.10 Å². The van der Waals surface area contributed by atoms with Gasteiger partial charge < -0.3 is 14.3 Å². The largest absolute Gasteiger partial charge is 1.00 e. The van der Waals surface area contributed by atoms with Gasteiger partial charge in [0.1, 0.15) is 0 Å². The summed E-state index contributed by atoms with van der Waals surface area (Å²) in [5.41, 5.74) is 4.61. The van der Waals surface area contributed by atoms with E-state index in [0.717, 1.165) is 45.0 Å². The molecule has 1 N–H and O–H groups in total. The quantitative estimate of drug-likeness (QED) is 0.368. The molecule has 0 bridgehead atoms. The van der Waals surface area contributed by atoms with Crippen LogP contribution in [0.2, 0.25) is 0 Å². The smallest absolute Gasteiger partial charge is 0.417 e. The number of hydrogen-bond donors (Lipinski definition) is 1. The molecule has 1 saturated heterocycles. The summed E-state index contributed by atoms with van der Waals surface area (Å²) in [6, 6.07) is 18.0. The number of carbonyl (C=O) groups excluding carboxylic acids is 1. The van der Waals surface area contributed by atoms with Gasteiger partial charge >= 0.3 is 29.6 Å². The Hall–Kier alpha value is -2.50. The number of hydrogen-bond acceptors (Lipinski definition) is 5. The summed E-state index contributed by atoms with van der Waals surface area (Å²) in [5.74, 6) is 0. The van der Waals surface area contributed by atoms with Gasteiger partial charge in [-0.1, -0.05) is 11.8 Å². The zero-order valence-corrected chi connectivity index (χ0v) is 21.9. The molecular formula is C25H24N5NaOS. The summed E-state index contributed by atoms with van der Waals surface area (Å²) in [7, 11) is 1.87. The van der Waals surface area contributed by atoms with Crippen molar-refractivity contribution in [1.29, 1.82) is 5.26 Å². The molecule has 0 unspecified atom stereocenters. The normalized spacial score (nSPS) is 12.6. The average Bonchev–Trinajstić information content (AvgIpc) is 3.57. The van der Waals surface area contributed by atoms with Crippen molar-refractivity contribution in [2.24, 2.45) is 7.05 Å². The van der Waals surface area contributed by atoms with Crippen molar-refractivity contribution < 1.29 is 34.4 Å². The maximum atomic E-state index is 10.8. The van der Waals surface area contributed by atoms with Crippen molar-refractivity contribution in [2.75, 3.05) is 18.0 Å². The maximum Gasteiger partial charge on any atom is 1.00 e. The number of nitriles is 1.